The lowest BCUT2D eigenvalue weighted by Gasteiger charge is -2.23. The molecule has 3 nitrogen and oxygen atoms in total. The molecule has 1 aliphatic carbocycles. The fraction of sp³-hybridized carbons (Fsp3) is 0.750. The molecular formula is C12H21NO2. The summed E-state index contributed by atoms with van der Waals surface area (Å²) in [7, 11) is 0. The van der Waals surface area contributed by atoms with Gasteiger partial charge >= 0.3 is 5.97 Å². The van der Waals surface area contributed by atoms with Gasteiger partial charge in [0.15, 0.2) is 0 Å². The van der Waals surface area contributed by atoms with Crippen LogP contribution in [-0.2, 0) is 4.79 Å². The van der Waals surface area contributed by atoms with E-state index in [4.69, 9.17) is 5.11 Å². The molecule has 1 aliphatic rings. The molecule has 1 rings (SSSR count). The van der Waals surface area contributed by atoms with Gasteiger partial charge in [-0.3, -0.25) is 0 Å². The van der Waals surface area contributed by atoms with E-state index in [9.17, 15) is 4.79 Å². The standard InChI is InChI=1S/C12H21NO2/c1-10(11(14)15)5-8-13-9-12(2)6-3-4-7-12/h5,13H,3-4,6-9H2,1-2H3,(H,14,15). The molecule has 0 amide bonds. The SMILES string of the molecule is CC(=CCNCC1(C)CCCC1)C(=O)O. The minimum Gasteiger partial charge on any atom is -0.478 e. The second-order valence-electron chi connectivity index (χ2n) is 4.84. The normalized spacial score (nSPS) is 20.5. The van der Waals surface area contributed by atoms with Crippen LogP contribution in [0.1, 0.15) is 39.5 Å². The van der Waals surface area contributed by atoms with Crippen molar-refractivity contribution in [3.63, 3.8) is 0 Å². The minimum absolute atomic E-state index is 0.416. The molecule has 0 aromatic heterocycles. The van der Waals surface area contributed by atoms with Crippen LogP contribution in [0.3, 0.4) is 0 Å². The molecule has 0 aromatic rings. The van der Waals surface area contributed by atoms with E-state index in [1.54, 1.807) is 13.0 Å². The summed E-state index contributed by atoms with van der Waals surface area (Å²) in [4.78, 5) is 10.5. The zero-order valence-corrected chi connectivity index (χ0v) is 9.68. The Labute approximate surface area is 91.6 Å². The molecule has 0 spiro atoms. The van der Waals surface area contributed by atoms with Crippen LogP contribution in [0.2, 0.25) is 0 Å². The van der Waals surface area contributed by atoms with E-state index in [0.717, 1.165) is 6.54 Å². The highest BCUT2D eigenvalue weighted by molar-refractivity contribution is 5.85. The third kappa shape index (κ3) is 4.04. The smallest absolute Gasteiger partial charge is 0.330 e. The second-order valence-corrected chi connectivity index (χ2v) is 4.84. The predicted molar refractivity (Wildman–Crippen MR) is 60.8 cm³/mol. The molecule has 0 radical (unpaired) electrons. The van der Waals surface area contributed by atoms with Crippen LogP contribution < -0.4 is 5.32 Å². The fourth-order valence-electron chi connectivity index (χ4n) is 2.09. The lowest BCUT2D eigenvalue weighted by atomic mass is 9.89. The van der Waals surface area contributed by atoms with Gasteiger partial charge in [0.1, 0.15) is 0 Å². The van der Waals surface area contributed by atoms with E-state index >= 15 is 0 Å². The number of aliphatic carboxylic acids is 1. The van der Waals surface area contributed by atoms with Gasteiger partial charge in [-0.15, -0.1) is 0 Å². The molecule has 1 saturated carbocycles. The Bertz CT molecular complexity index is 252. The Hall–Kier alpha value is -0.830. The second kappa shape index (κ2) is 5.31. The largest absolute Gasteiger partial charge is 0.478 e. The number of hydrogen-bond donors (Lipinski definition) is 2. The average molecular weight is 211 g/mol. The summed E-state index contributed by atoms with van der Waals surface area (Å²) in [6, 6.07) is 0. The van der Waals surface area contributed by atoms with Crippen molar-refractivity contribution in [1.82, 2.24) is 5.32 Å². The van der Waals surface area contributed by atoms with Gasteiger partial charge in [0.25, 0.3) is 0 Å². The summed E-state index contributed by atoms with van der Waals surface area (Å²) in [6.45, 7) is 5.59. The summed E-state index contributed by atoms with van der Waals surface area (Å²) in [6.07, 6.45) is 6.99. The summed E-state index contributed by atoms with van der Waals surface area (Å²) in [5.41, 5.74) is 0.851. The molecule has 0 bridgehead atoms. The Kier molecular flexibility index (Phi) is 4.33. The first-order valence-electron chi connectivity index (χ1n) is 5.64. The quantitative estimate of drug-likeness (QED) is 0.541. The van der Waals surface area contributed by atoms with Crippen molar-refractivity contribution in [3.05, 3.63) is 11.6 Å². The van der Waals surface area contributed by atoms with E-state index in [1.807, 2.05) is 0 Å². The maximum atomic E-state index is 10.5. The molecule has 0 atom stereocenters. The third-order valence-electron chi connectivity index (χ3n) is 3.25. The molecule has 15 heavy (non-hydrogen) atoms. The van der Waals surface area contributed by atoms with Crippen molar-refractivity contribution in [1.29, 1.82) is 0 Å². The Morgan fingerprint density at radius 3 is 2.60 bits per heavy atom. The number of nitrogens with one attached hydrogen (secondary N) is 1. The topological polar surface area (TPSA) is 49.3 Å². The molecule has 2 N–H and O–H groups in total. The van der Waals surface area contributed by atoms with Crippen LogP contribution in [-0.4, -0.2) is 24.2 Å². The molecular weight excluding hydrogens is 190 g/mol. The molecule has 0 aliphatic heterocycles. The van der Waals surface area contributed by atoms with Crippen molar-refractivity contribution in [3.8, 4) is 0 Å². The van der Waals surface area contributed by atoms with Gasteiger partial charge in [-0.1, -0.05) is 25.8 Å². The van der Waals surface area contributed by atoms with Gasteiger partial charge in [-0.05, 0) is 25.2 Å². The average Bonchev–Trinajstić information content (AvgIpc) is 2.60. The fourth-order valence-corrected chi connectivity index (χ4v) is 2.09. The van der Waals surface area contributed by atoms with E-state index < -0.39 is 5.97 Å². The lowest BCUT2D eigenvalue weighted by molar-refractivity contribution is -0.132. The van der Waals surface area contributed by atoms with E-state index in [0.29, 0.717) is 17.5 Å². The number of hydrogen-bond acceptors (Lipinski definition) is 2. The van der Waals surface area contributed by atoms with Gasteiger partial charge in [0, 0.05) is 18.7 Å². The molecule has 0 aromatic carbocycles. The van der Waals surface area contributed by atoms with E-state index in [-0.39, 0.29) is 0 Å². The maximum Gasteiger partial charge on any atom is 0.330 e. The lowest BCUT2D eigenvalue weighted by Crippen LogP contribution is -2.29. The first-order valence-corrected chi connectivity index (χ1v) is 5.64. The summed E-state index contributed by atoms with van der Waals surface area (Å²) in [5.74, 6) is -0.830. The van der Waals surface area contributed by atoms with Gasteiger partial charge in [0.05, 0.1) is 0 Å². The monoisotopic (exact) mass is 211 g/mol. The Morgan fingerprint density at radius 2 is 2.07 bits per heavy atom. The highest BCUT2D eigenvalue weighted by Crippen LogP contribution is 2.36. The van der Waals surface area contributed by atoms with Crippen LogP contribution in [0.5, 0.6) is 0 Å². The summed E-state index contributed by atoms with van der Waals surface area (Å²) in [5, 5.41) is 12.0. The highest BCUT2D eigenvalue weighted by atomic mass is 16.4. The molecule has 0 unspecified atom stereocenters. The van der Waals surface area contributed by atoms with Gasteiger partial charge in [-0.25, -0.2) is 4.79 Å². The van der Waals surface area contributed by atoms with Crippen LogP contribution in [0.25, 0.3) is 0 Å². The first kappa shape index (κ1) is 12.2. The number of carboxylic acids is 1. The van der Waals surface area contributed by atoms with Crippen molar-refractivity contribution in [2.24, 2.45) is 5.41 Å². The first-order chi connectivity index (χ1) is 7.03. The molecule has 1 fully saturated rings. The van der Waals surface area contributed by atoms with E-state index in [2.05, 4.69) is 12.2 Å². The Morgan fingerprint density at radius 1 is 1.47 bits per heavy atom. The van der Waals surface area contributed by atoms with Gasteiger partial charge in [-0.2, -0.15) is 0 Å². The van der Waals surface area contributed by atoms with Crippen LogP contribution in [0, 0.1) is 5.41 Å². The van der Waals surface area contributed by atoms with Crippen LogP contribution in [0.4, 0.5) is 0 Å². The van der Waals surface area contributed by atoms with Crippen molar-refractivity contribution in [2.45, 2.75) is 39.5 Å². The number of carboxylic acid groups (broad SMARTS) is 1. The minimum atomic E-state index is -0.830. The zero-order valence-electron chi connectivity index (χ0n) is 9.68. The van der Waals surface area contributed by atoms with Gasteiger partial charge in [0.2, 0.25) is 0 Å². The molecule has 86 valence electrons. The highest BCUT2D eigenvalue weighted by Gasteiger charge is 2.27. The Balaban J connectivity index is 2.21. The third-order valence-corrected chi connectivity index (χ3v) is 3.25. The van der Waals surface area contributed by atoms with Crippen LogP contribution in [0.15, 0.2) is 11.6 Å². The number of rotatable bonds is 5. The number of carbonyl (C=O) groups is 1. The van der Waals surface area contributed by atoms with Crippen molar-refractivity contribution >= 4 is 5.97 Å². The van der Waals surface area contributed by atoms with Crippen LogP contribution >= 0.6 is 0 Å². The molecule has 0 saturated heterocycles. The van der Waals surface area contributed by atoms with Gasteiger partial charge < -0.3 is 10.4 Å². The van der Waals surface area contributed by atoms with E-state index in [1.165, 1.54) is 25.7 Å². The van der Waals surface area contributed by atoms with Crippen molar-refractivity contribution < 1.29 is 9.90 Å². The summed E-state index contributed by atoms with van der Waals surface area (Å²) < 4.78 is 0. The summed E-state index contributed by atoms with van der Waals surface area (Å²) >= 11 is 0. The zero-order chi connectivity index (χ0) is 11.3. The maximum absolute atomic E-state index is 10.5. The molecule has 3 heteroatoms. The predicted octanol–water partition coefficient (Wildman–Crippen LogP) is 2.19. The van der Waals surface area contributed by atoms with Crippen molar-refractivity contribution in [2.75, 3.05) is 13.1 Å². The molecule has 0 heterocycles.